The monoisotopic (exact) mass is 225 g/mol. The van der Waals surface area contributed by atoms with E-state index in [1.165, 1.54) is 6.20 Å². The quantitative estimate of drug-likeness (QED) is 0.791. The highest BCUT2D eigenvalue weighted by atomic mass is 16.5. The zero-order valence-corrected chi connectivity index (χ0v) is 9.14. The fourth-order valence-electron chi connectivity index (χ4n) is 2.45. The van der Waals surface area contributed by atoms with Gasteiger partial charge in [0.25, 0.3) is 0 Å². The first-order chi connectivity index (χ1) is 7.56. The molecule has 2 N–H and O–H groups in total. The fourth-order valence-corrected chi connectivity index (χ4v) is 2.45. The Bertz CT molecular complexity index is 390. The first-order valence-electron chi connectivity index (χ1n) is 5.39. The maximum absolute atomic E-state index is 11.5. The summed E-state index contributed by atoms with van der Waals surface area (Å²) in [6.45, 7) is 1.72. The Morgan fingerprint density at radius 2 is 2.19 bits per heavy atom. The third-order valence-electron chi connectivity index (χ3n) is 3.48. The Balaban J connectivity index is 2.37. The molecule has 1 aromatic heterocycles. The van der Waals surface area contributed by atoms with Crippen molar-refractivity contribution in [3.8, 4) is 0 Å². The van der Waals surface area contributed by atoms with Crippen molar-refractivity contribution in [1.82, 2.24) is 5.16 Å². The molecule has 1 aliphatic carbocycles. The molecular formula is C11H15NO4. The number of nitrogens with zero attached hydrogens (tertiary/aromatic N) is 1. The summed E-state index contributed by atoms with van der Waals surface area (Å²) in [5.74, 6) is -0.301. The SMILES string of the molecule is Cc1oncc1C1(C(=O)O)CCC(O)CC1. The average Bonchev–Trinajstić information content (AvgIpc) is 2.66. The van der Waals surface area contributed by atoms with Gasteiger partial charge in [0.1, 0.15) is 5.76 Å². The summed E-state index contributed by atoms with van der Waals surface area (Å²) in [7, 11) is 0. The van der Waals surface area contributed by atoms with Gasteiger partial charge in [0.2, 0.25) is 0 Å². The Hall–Kier alpha value is -1.36. The standard InChI is InChI=1S/C11H15NO4/c1-7-9(6-12-16-7)11(10(14)15)4-2-8(13)3-5-11/h6,8,13H,2-5H2,1H3,(H,14,15). The lowest BCUT2D eigenvalue weighted by Crippen LogP contribution is -2.41. The van der Waals surface area contributed by atoms with Crippen LogP contribution in [0.3, 0.4) is 0 Å². The predicted octanol–water partition coefficient (Wildman–Crippen LogP) is 1.24. The molecule has 2 rings (SSSR count). The Labute approximate surface area is 93.1 Å². The van der Waals surface area contributed by atoms with Gasteiger partial charge in [0.05, 0.1) is 17.7 Å². The summed E-state index contributed by atoms with van der Waals surface area (Å²) >= 11 is 0. The third-order valence-corrected chi connectivity index (χ3v) is 3.48. The number of aryl methyl sites for hydroxylation is 1. The van der Waals surface area contributed by atoms with Gasteiger partial charge in [-0.1, -0.05) is 5.16 Å². The number of carbonyl (C=O) groups is 1. The third kappa shape index (κ3) is 1.61. The van der Waals surface area contributed by atoms with Crippen LogP contribution >= 0.6 is 0 Å². The van der Waals surface area contributed by atoms with Crippen molar-refractivity contribution in [1.29, 1.82) is 0 Å². The largest absolute Gasteiger partial charge is 0.481 e. The summed E-state index contributed by atoms with van der Waals surface area (Å²) in [5, 5.41) is 22.5. The van der Waals surface area contributed by atoms with Crippen LogP contribution < -0.4 is 0 Å². The van der Waals surface area contributed by atoms with Crippen LogP contribution in [0.2, 0.25) is 0 Å². The van der Waals surface area contributed by atoms with Crippen LogP contribution in [-0.4, -0.2) is 27.4 Å². The van der Waals surface area contributed by atoms with Gasteiger partial charge < -0.3 is 14.7 Å². The van der Waals surface area contributed by atoms with Gasteiger partial charge in [-0.15, -0.1) is 0 Å². The number of aromatic nitrogens is 1. The molecule has 5 heteroatoms. The summed E-state index contributed by atoms with van der Waals surface area (Å²) in [5.41, 5.74) is -0.282. The van der Waals surface area contributed by atoms with Crippen molar-refractivity contribution in [2.75, 3.05) is 0 Å². The number of rotatable bonds is 2. The molecule has 16 heavy (non-hydrogen) atoms. The molecule has 5 nitrogen and oxygen atoms in total. The molecule has 0 bridgehead atoms. The molecule has 0 unspecified atom stereocenters. The molecule has 1 aliphatic rings. The molecule has 0 radical (unpaired) electrons. The zero-order valence-electron chi connectivity index (χ0n) is 9.14. The van der Waals surface area contributed by atoms with E-state index in [9.17, 15) is 15.0 Å². The van der Waals surface area contributed by atoms with Gasteiger partial charge in [-0.25, -0.2) is 0 Å². The van der Waals surface area contributed by atoms with E-state index in [2.05, 4.69) is 5.16 Å². The van der Waals surface area contributed by atoms with E-state index in [-0.39, 0.29) is 6.10 Å². The Morgan fingerprint density at radius 1 is 1.56 bits per heavy atom. The van der Waals surface area contributed by atoms with Crippen LogP contribution in [0.5, 0.6) is 0 Å². The first kappa shape index (κ1) is 11.1. The molecule has 0 atom stereocenters. The molecule has 0 spiro atoms. The van der Waals surface area contributed by atoms with Crippen molar-refractivity contribution < 1.29 is 19.5 Å². The molecule has 0 amide bonds. The average molecular weight is 225 g/mol. The maximum Gasteiger partial charge on any atom is 0.314 e. The van der Waals surface area contributed by atoms with Gasteiger partial charge in [-0.2, -0.15) is 0 Å². The van der Waals surface area contributed by atoms with Crippen LogP contribution in [0.1, 0.15) is 37.0 Å². The van der Waals surface area contributed by atoms with Crippen molar-refractivity contribution in [2.45, 2.75) is 44.1 Å². The number of hydrogen-bond donors (Lipinski definition) is 2. The van der Waals surface area contributed by atoms with Crippen molar-refractivity contribution in [2.24, 2.45) is 0 Å². The highest BCUT2D eigenvalue weighted by molar-refractivity contribution is 5.81. The zero-order chi connectivity index (χ0) is 11.8. The molecule has 0 aromatic carbocycles. The number of carboxylic acids is 1. The number of aliphatic hydroxyl groups is 1. The molecule has 1 aromatic rings. The maximum atomic E-state index is 11.5. The minimum absolute atomic E-state index is 0.382. The second-order valence-electron chi connectivity index (χ2n) is 4.41. The van der Waals surface area contributed by atoms with E-state index in [4.69, 9.17) is 4.52 Å². The number of aliphatic hydroxyl groups excluding tert-OH is 1. The highest BCUT2D eigenvalue weighted by Gasteiger charge is 2.45. The molecule has 0 aliphatic heterocycles. The van der Waals surface area contributed by atoms with Crippen LogP contribution in [0.25, 0.3) is 0 Å². The van der Waals surface area contributed by atoms with Gasteiger partial charge in [-0.3, -0.25) is 4.79 Å². The second-order valence-corrected chi connectivity index (χ2v) is 4.41. The van der Waals surface area contributed by atoms with E-state index in [1.54, 1.807) is 6.92 Å². The normalized spacial score (nSPS) is 30.2. The van der Waals surface area contributed by atoms with E-state index in [1.807, 2.05) is 0 Å². The number of carboxylic acid groups (broad SMARTS) is 1. The van der Waals surface area contributed by atoms with Crippen LogP contribution in [0.4, 0.5) is 0 Å². The van der Waals surface area contributed by atoms with Crippen LogP contribution in [-0.2, 0) is 10.2 Å². The molecular weight excluding hydrogens is 210 g/mol. The van der Waals surface area contributed by atoms with Crippen molar-refractivity contribution in [3.63, 3.8) is 0 Å². The molecule has 1 heterocycles. The summed E-state index contributed by atoms with van der Waals surface area (Å²) in [4.78, 5) is 11.5. The van der Waals surface area contributed by atoms with Gasteiger partial charge in [0.15, 0.2) is 0 Å². The second kappa shape index (κ2) is 3.90. The molecule has 0 saturated heterocycles. The van der Waals surface area contributed by atoms with E-state index < -0.39 is 11.4 Å². The van der Waals surface area contributed by atoms with E-state index >= 15 is 0 Å². The minimum Gasteiger partial charge on any atom is -0.481 e. The Morgan fingerprint density at radius 3 is 2.62 bits per heavy atom. The topological polar surface area (TPSA) is 83.6 Å². The van der Waals surface area contributed by atoms with Crippen molar-refractivity contribution >= 4 is 5.97 Å². The van der Waals surface area contributed by atoms with Crippen LogP contribution in [0.15, 0.2) is 10.7 Å². The fraction of sp³-hybridized carbons (Fsp3) is 0.636. The summed E-state index contributed by atoms with van der Waals surface area (Å²) in [6, 6.07) is 0. The molecule has 1 saturated carbocycles. The summed E-state index contributed by atoms with van der Waals surface area (Å²) in [6.07, 6.45) is 3.00. The Kier molecular flexibility index (Phi) is 2.71. The lowest BCUT2D eigenvalue weighted by molar-refractivity contribution is -0.146. The number of hydrogen-bond acceptors (Lipinski definition) is 4. The van der Waals surface area contributed by atoms with Crippen LogP contribution in [0, 0.1) is 6.92 Å². The first-order valence-corrected chi connectivity index (χ1v) is 5.39. The number of aliphatic carboxylic acids is 1. The smallest absolute Gasteiger partial charge is 0.314 e. The highest BCUT2D eigenvalue weighted by Crippen LogP contribution is 2.41. The van der Waals surface area contributed by atoms with Gasteiger partial charge in [-0.05, 0) is 32.6 Å². The summed E-state index contributed by atoms with van der Waals surface area (Å²) < 4.78 is 4.94. The van der Waals surface area contributed by atoms with Crippen molar-refractivity contribution in [3.05, 3.63) is 17.5 Å². The predicted molar refractivity (Wildman–Crippen MR) is 55.0 cm³/mol. The molecule has 88 valence electrons. The lowest BCUT2D eigenvalue weighted by atomic mass is 9.69. The van der Waals surface area contributed by atoms with Gasteiger partial charge >= 0.3 is 5.97 Å². The van der Waals surface area contributed by atoms with Gasteiger partial charge in [0, 0.05) is 5.56 Å². The lowest BCUT2D eigenvalue weighted by Gasteiger charge is -2.34. The molecule has 1 fully saturated rings. The minimum atomic E-state index is -0.927. The van der Waals surface area contributed by atoms with E-state index in [0.29, 0.717) is 37.0 Å². The van der Waals surface area contributed by atoms with E-state index in [0.717, 1.165) is 0 Å².